The maximum Gasteiger partial charge on any atom is 0.0168 e. The van der Waals surface area contributed by atoms with E-state index in [2.05, 4.69) is 37.8 Å². The summed E-state index contributed by atoms with van der Waals surface area (Å²) in [4.78, 5) is 0. The van der Waals surface area contributed by atoms with Crippen molar-refractivity contribution in [3.63, 3.8) is 0 Å². The Morgan fingerprint density at radius 2 is 2.09 bits per heavy atom. The van der Waals surface area contributed by atoms with Gasteiger partial charge in [0.15, 0.2) is 0 Å². The van der Waals surface area contributed by atoms with Crippen LogP contribution >= 0.6 is 11.8 Å². The van der Waals surface area contributed by atoms with Crippen LogP contribution in [0.4, 0.5) is 0 Å². The van der Waals surface area contributed by atoms with Crippen LogP contribution in [0.1, 0.15) is 27.2 Å². The van der Waals surface area contributed by atoms with E-state index >= 15 is 0 Å². The summed E-state index contributed by atoms with van der Waals surface area (Å²) in [7, 11) is 0. The molecule has 0 aliphatic carbocycles. The Bertz CT molecular complexity index is 108. The Morgan fingerprint density at radius 1 is 1.36 bits per heavy atom. The fourth-order valence-corrected chi connectivity index (χ4v) is 2.40. The van der Waals surface area contributed by atoms with E-state index < -0.39 is 0 Å². The van der Waals surface area contributed by atoms with E-state index in [1.165, 1.54) is 17.9 Å². The zero-order chi connectivity index (χ0) is 8.27. The summed E-state index contributed by atoms with van der Waals surface area (Å²) in [5.74, 6) is 3.43. The van der Waals surface area contributed by atoms with Gasteiger partial charge >= 0.3 is 0 Å². The molecule has 1 saturated heterocycles. The molecule has 0 spiro atoms. The zero-order valence-corrected chi connectivity index (χ0v) is 8.58. The Labute approximate surface area is 74.3 Å². The molecule has 0 radical (unpaired) electrons. The molecule has 11 heavy (non-hydrogen) atoms. The number of hydrogen-bond acceptors (Lipinski definition) is 2. The molecule has 2 atom stereocenters. The molecule has 1 nitrogen and oxygen atoms in total. The van der Waals surface area contributed by atoms with Gasteiger partial charge in [0.2, 0.25) is 0 Å². The maximum atomic E-state index is 3.66. The van der Waals surface area contributed by atoms with Crippen LogP contribution in [0, 0.1) is 5.92 Å². The monoisotopic (exact) mass is 173 g/mol. The molecule has 0 saturated carbocycles. The predicted molar refractivity (Wildman–Crippen MR) is 53.2 cm³/mol. The maximum absolute atomic E-state index is 3.66. The first kappa shape index (κ1) is 9.40. The molecular weight excluding hydrogens is 154 g/mol. The van der Waals surface area contributed by atoms with Crippen LogP contribution in [-0.4, -0.2) is 23.6 Å². The third kappa shape index (κ3) is 3.04. The van der Waals surface area contributed by atoms with Crippen LogP contribution in [0.3, 0.4) is 0 Å². The van der Waals surface area contributed by atoms with E-state index in [4.69, 9.17) is 0 Å². The molecule has 0 aromatic carbocycles. The van der Waals surface area contributed by atoms with Crippen molar-refractivity contribution < 1.29 is 0 Å². The molecule has 1 aliphatic heterocycles. The summed E-state index contributed by atoms with van der Waals surface area (Å²) >= 11 is 2.07. The van der Waals surface area contributed by atoms with E-state index in [-0.39, 0.29) is 0 Å². The molecule has 1 N–H and O–H groups in total. The quantitative estimate of drug-likeness (QED) is 0.701. The third-order valence-corrected chi connectivity index (χ3v) is 3.59. The first-order chi connectivity index (χ1) is 5.20. The van der Waals surface area contributed by atoms with Gasteiger partial charge in [0.1, 0.15) is 0 Å². The van der Waals surface area contributed by atoms with Crippen LogP contribution in [0.25, 0.3) is 0 Å². The minimum absolute atomic E-state index is 0.679. The molecule has 0 bridgehead atoms. The van der Waals surface area contributed by atoms with E-state index in [0.717, 1.165) is 12.0 Å². The van der Waals surface area contributed by atoms with Gasteiger partial charge in [-0.2, -0.15) is 11.8 Å². The number of thioether (sulfide) groups is 1. The highest BCUT2D eigenvalue weighted by Gasteiger charge is 2.18. The molecule has 1 fully saturated rings. The molecule has 1 aliphatic rings. The van der Waals surface area contributed by atoms with Crippen molar-refractivity contribution in [2.75, 3.05) is 11.5 Å². The number of nitrogens with one attached hydrogen (secondary N) is 1. The second-order valence-corrected chi connectivity index (χ2v) is 4.91. The van der Waals surface area contributed by atoms with Gasteiger partial charge in [0.25, 0.3) is 0 Å². The van der Waals surface area contributed by atoms with Crippen LogP contribution < -0.4 is 5.32 Å². The third-order valence-electron chi connectivity index (χ3n) is 2.43. The lowest BCUT2D eigenvalue weighted by Gasteiger charge is -2.21. The van der Waals surface area contributed by atoms with Gasteiger partial charge in [-0.05, 0) is 25.0 Å². The summed E-state index contributed by atoms with van der Waals surface area (Å²) in [6.07, 6.45) is 1.36. The lowest BCUT2D eigenvalue weighted by atomic mass is 10.1. The second-order valence-electron chi connectivity index (χ2n) is 3.76. The largest absolute Gasteiger partial charge is 0.310 e. The lowest BCUT2D eigenvalue weighted by molar-refractivity contribution is 0.387. The average molecular weight is 173 g/mol. The highest BCUT2D eigenvalue weighted by atomic mass is 32.2. The summed E-state index contributed by atoms with van der Waals surface area (Å²) in [5.41, 5.74) is 0. The Balaban J connectivity index is 2.18. The number of rotatable bonds is 3. The fraction of sp³-hybridized carbons (Fsp3) is 1.00. The highest BCUT2D eigenvalue weighted by Crippen LogP contribution is 2.18. The van der Waals surface area contributed by atoms with Crippen molar-refractivity contribution in [3.8, 4) is 0 Å². The normalized spacial score (nSPS) is 27.8. The minimum atomic E-state index is 0.679. The van der Waals surface area contributed by atoms with Crippen molar-refractivity contribution in [1.82, 2.24) is 5.32 Å². The van der Waals surface area contributed by atoms with Gasteiger partial charge in [-0.15, -0.1) is 0 Å². The van der Waals surface area contributed by atoms with Crippen molar-refractivity contribution >= 4 is 11.8 Å². The highest BCUT2D eigenvalue weighted by molar-refractivity contribution is 7.99. The van der Waals surface area contributed by atoms with Gasteiger partial charge in [-0.1, -0.05) is 13.8 Å². The first-order valence-corrected chi connectivity index (χ1v) is 5.69. The molecule has 66 valence electrons. The molecule has 1 heterocycles. The average Bonchev–Trinajstić information content (AvgIpc) is 2.39. The summed E-state index contributed by atoms with van der Waals surface area (Å²) in [5, 5.41) is 3.66. The SMILES string of the molecule is CC(C)[C@H](C)N[C@@H]1CCSC1. The van der Waals surface area contributed by atoms with Gasteiger partial charge in [0.05, 0.1) is 0 Å². The van der Waals surface area contributed by atoms with Gasteiger partial charge in [-0.25, -0.2) is 0 Å². The van der Waals surface area contributed by atoms with Crippen molar-refractivity contribution in [2.24, 2.45) is 5.92 Å². The smallest absolute Gasteiger partial charge is 0.0168 e. The fourth-order valence-electron chi connectivity index (χ4n) is 1.23. The van der Waals surface area contributed by atoms with Crippen molar-refractivity contribution in [3.05, 3.63) is 0 Å². The minimum Gasteiger partial charge on any atom is -0.310 e. The molecule has 0 unspecified atom stereocenters. The van der Waals surface area contributed by atoms with Crippen molar-refractivity contribution in [2.45, 2.75) is 39.3 Å². The summed E-state index contributed by atoms with van der Waals surface area (Å²) in [6, 6.07) is 1.47. The standard InChI is InChI=1S/C9H19NS/c1-7(2)8(3)10-9-4-5-11-6-9/h7-10H,4-6H2,1-3H3/t8-,9+/m0/s1. The van der Waals surface area contributed by atoms with Gasteiger partial charge < -0.3 is 5.32 Å². The lowest BCUT2D eigenvalue weighted by Crippen LogP contribution is -2.39. The Kier molecular flexibility index (Phi) is 3.73. The summed E-state index contributed by atoms with van der Waals surface area (Å²) in [6.45, 7) is 6.84. The van der Waals surface area contributed by atoms with Crippen LogP contribution in [0.5, 0.6) is 0 Å². The number of hydrogen-bond donors (Lipinski definition) is 1. The predicted octanol–water partition coefficient (Wildman–Crippen LogP) is 2.13. The Morgan fingerprint density at radius 3 is 2.55 bits per heavy atom. The van der Waals surface area contributed by atoms with E-state index in [1.54, 1.807) is 0 Å². The zero-order valence-electron chi connectivity index (χ0n) is 7.76. The summed E-state index contributed by atoms with van der Waals surface area (Å²) < 4.78 is 0. The van der Waals surface area contributed by atoms with Crippen LogP contribution in [0.15, 0.2) is 0 Å². The van der Waals surface area contributed by atoms with Crippen molar-refractivity contribution in [1.29, 1.82) is 0 Å². The molecular formula is C9H19NS. The molecule has 0 aromatic heterocycles. The Hall–Kier alpha value is 0.310. The van der Waals surface area contributed by atoms with Crippen LogP contribution in [0.2, 0.25) is 0 Å². The first-order valence-electron chi connectivity index (χ1n) is 4.54. The molecule has 0 aromatic rings. The second kappa shape index (κ2) is 4.36. The van der Waals surface area contributed by atoms with Gasteiger partial charge in [-0.3, -0.25) is 0 Å². The molecule has 1 rings (SSSR count). The topological polar surface area (TPSA) is 12.0 Å². The van der Waals surface area contributed by atoms with E-state index in [1.807, 2.05) is 0 Å². The van der Waals surface area contributed by atoms with Gasteiger partial charge in [0, 0.05) is 17.8 Å². The van der Waals surface area contributed by atoms with E-state index in [0.29, 0.717) is 6.04 Å². The molecule has 0 amide bonds. The van der Waals surface area contributed by atoms with Crippen LogP contribution in [-0.2, 0) is 0 Å². The van der Waals surface area contributed by atoms with E-state index in [9.17, 15) is 0 Å². The molecule has 2 heteroatoms.